The Kier molecular flexibility index (Phi) is 3.27. The van der Waals surface area contributed by atoms with E-state index in [-0.39, 0.29) is 23.2 Å². The number of aromatic hydroxyl groups is 1. The molecule has 106 valence electrons. The summed E-state index contributed by atoms with van der Waals surface area (Å²) in [6.45, 7) is 0.218. The van der Waals surface area contributed by atoms with Gasteiger partial charge < -0.3 is 9.52 Å². The van der Waals surface area contributed by atoms with E-state index in [1.807, 2.05) is 0 Å². The molecule has 1 aliphatic carbocycles. The third kappa shape index (κ3) is 2.57. The van der Waals surface area contributed by atoms with E-state index in [9.17, 15) is 13.5 Å². The maximum absolute atomic E-state index is 12.7. The van der Waals surface area contributed by atoms with Crippen molar-refractivity contribution < 1.29 is 17.9 Å². The van der Waals surface area contributed by atoms with E-state index in [2.05, 4.69) is 0 Å². The van der Waals surface area contributed by atoms with Crippen LogP contribution < -0.4 is 0 Å². The molecule has 1 aromatic heterocycles. The summed E-state index contributed by atoms with van der Waals surface area (Å²) in [6.07, 6.45) is 3.25. The molecule has 6 heteroatoms. The number of benzene rings is 1. The monoisotopic (exact) mass is 293 g/mol. The van der Waals surface area contributed by atoms with Crippen molar-refractivity contribution in [3.8, 4) is 5.75 Å². The highest BCUT2D eigenvalue weighted by molar-refractivity contribution is 7.89. The summed E-state index contributed by atoms with van der Waals surface area (Å²) >= 11 is 0. The Balaban J connectivity index is 1.94. The smallest absolute Gasteiger partial charge is 0.243 e. The molecule has 1 heterocycles. The fourth-order valence-electron chi connectivity index (χ4n) is 2.11. The third-order valence-corrected chi connectivity index (χ3v) is 5.16. The summed E-state index contributed by atoms with van der Waals surface area (Å²) < 4.78 is 32.0. The average molecular weight is 293 g/mol. The first-order valence-corrected chi connectivity index (χ1v) is 7.84. The number of phenols is 1. The molecule has 1 saturated carbocycles. The fraction of sp³-hybridized carbons (Fsp3) is 0.286. The molecule has 0 amide bonds. The van der Waals surface area contributed by atoms with Gasteiger partial charge in [-0.2, -0.15) is 4.31 Å². The summed E-state index contributed by atoms with van der Waals surface area (Å²) in [6, 6.07) is 9.26. The van der Waals surface area contributed by atoms with Gasteiger partial charge in [0.2, 0.25) is 10.0 Å². The highest BCUT2D eigenvalue weighted by Gasteiger charge is 2.38. The van der Waals surface area contributed by atoms with Gasteiger partial charge in [-0.05, 0) is 43.2 Å². The molecule has 0 bridgehead atoms. The van der Waals surface area contributed by atoms with Crippen LogP contribution in [0.2, 0.25) is 0 Å². The van der Waals surface area contributed by atoms with Crippen LogP contribution in [0.3, 0.4) is 0 Å². The van der Waals surface area contributed by atoms with Gasteiger partial charge in [-0.3, -0.25) is 0 Å². The Bertz CT molecular complexity index is 690. The maximum Gasteiger partial charge on any atom is 0.243 e. The third-order valence-electron chi connectivity index (χ3n) is 3.27. The first kappa shape index (κ1) is 13.2. The highest BCUT2D eigenvalue weighted by atomic mass is 32.2. The van der Waals surface area contributed by atoms with Crippen molar-refractivity contribution in [1.29, 1.82) is 0 Å². The molecule has 1 N–H and O–H groups in total. The summed E-state index contributed by atoms with van der Waals surface area (Å²) in [5, 5.41) is 9.47. The van der Waals surface area contributed by atoms with Gasteiger partial charge in [-0.15, -0.1) is 0 Å². The number of nitrogens with zero attached hydrogens (tertiary/aromatic N) is 1. The minimum Gasteiger partial charge on any atom is -0.508 e. The molecular formula is C14H15NO4S. The van der Waals surface area contributed by atoms with Gasteiger partial charge in [0.05, 0.1) is 17.7 Å². The van der Waals surface area contributed by atoms with Crippen LogP contribution in [0.25, 0.3) is 0 Å². The number of rotatable bonds is 5. The van der Waals surface area contributed by atoms with E-state index >= 15 is 0 Å². The largest absolute Gasteiger partial charge is 0.508 e. The molecule has 0 saturated heterocycles. The predicted molar refractivity (Wildman–Crippen MR) is 72.6 cm³/mol. The van der Waals surface area contributed by atoms with Crippen molar-refractivity contribution in [3.63, 3.8) is 0 Å². The van der Waals surface area contributed by atoms with Crippen LogP contribution in [0.5, 0.6) is 5.75 Å². The van der Waals surface area contributed by atoms with Crippen LogP contribution >= 0.6 is 0 Å². The number of sulfonamides is 1. The number of hydrogen-bond acceptors (Lipinski definition) is 4. The molecule has 1 aliphatic rings. The van der Waals surface area contributed by atoms with Gasteiger partial charge in [0.1, 0.15) is 11.5 Å². The molecule has 0 spiro atoms. The lowest BCUT2D eigenvalue weighted by molar-refractivity contribution is 0.356. The van der Waals surface area contributed by atoms with Crippen LogP contribution in [0.15, 0.2) is 52.0 Å². The molecule has 0 aliphatic heterocycles. The summed E-state index contributed by atoms with van der Waals surface area (Å²) in [5.74, 6) is 0.556. The molecule has 0 atom stereocenters. The summed E-state index contributed by atoms with van der Waals surface area (Å²) in [4.78, 5) is 0.107. The molecule has 5 nitrogen and oxygen atoms in total. The zero-order valence-electron chi connectivity index (χ0n) is 10.8. The van der Waals surface area contributed by atoms with Gasteiger partial charge in [0, 0.05) is 6.04 Å². The number of phenolic OH excluding ortho intramolecular Hbond substituents is 1. The molecule has 0 radical (unpaired) electrons. The Morgan fingerprint density at radius 1 is 1.25 bits per heavy atom. The van der Waals surface area contributed by atoms with Crippen LogP contribution in [0.1, 0.15) is 18.6 Å². The van der Waals surface area contributed by atoms with Crippen LogP contribution in [0, 0.1) is 0 Å². The van der Waals surface area contributed by atoms with E-state index < -0.39 is 10.0 Å². The number of furan rings is 1. The van der Waals surface area contributed by atoms with Gasteiger partial charge >= 0.3 is 0 Å². The second-order valence-corrected chi connectivity index (χ2v) is 6.75. The Labute approximate surface area is 117 Å². The van der Waals surface area contributed by atoms with Crippen molar-refractivity contribution in [1.82, 2.24) is 4.31 Å². The Hall–Kier alpha value is -1.79. The van der Waals surface area contributed by atoms with Crippen molar-refractivity contribution in [2.24, 2.45) is 0 Å². The minimum atomic E-state index is -3.62. The van der Waals surface area contributed by atoms with Gasteiger partial charge in [-0.1, -0.05) is 6.07 Å². The van der Waals surface area contributed by atoms with E-state index in [0.29, 0.717) is 5.76 Å². The standard InChI is InChI=1S/C14H15NO4S/c16-12-3-1-5-14(9-12)20(17,18)15(11-6-7-11)10-13-4-2-8-19-13/h1-5,8-9,11,16H,6-7,10H2. The van der Waals surface area contributed by atoms with Gasteiger partial charge in [0.15, 0.2) is 0 Å². The number of hydrogen-bond donors (Lipinski definition) is 1. The van der Waals surface area contributed by atoms with Gasteiger partial charge in [0.25, 0.3) is 0 Å². The minimum absolute atomic E-state index is 0.0208. The summed E-state index contributed by atoms with van der Waals surface area (Å²) in [5.41, 5.74) is 0. The fourth-order valence-corrected chi connectivity index (χ4v) is 3.80. The van der Waals surface area contributed by atoms with Crippen molar-refractivity contribution >= 4 is 10.0 Å². The molecular weight excluding hydrogens is 278 g/mol. The van der Waals surface area contributed by atoms with Crippen molar-refractivity contribution in [2.45, 2.75) is 30.3 Å². The first-order valence-electron chi connectivity index (χ1n) is 6.40. The van der Waals surface area contributed by atoms with Crippen LogP contribution in [-0.2, 0) is 16.6 Å². The second-order valence-electron chi connectivity index (χ2n) is 4.86. The zero-order valence-corrected chi connectivity index (χ0v) is 11.6. The van der Waals surface area contributed by atoms with Crippen molar-refractivity contribution in [2.75, 3.05) is 0 Å². The van der Waals surface area contributed by atoms with Crippen molar-refractivity contribution in [3.05, 3.63) is 48.4 Å². The average Bonchev–Trinajstić information content (AvgIpc) is 3.12. The zero-order chi connectivity index (χ0) is 14.2. The molecule has 3 rings (SSSR count). The lowest BCUT2D eigenvalue weighted by Gasteiger charge is -2.20. The SMILES string of the molecule is O=S(=O)(c1cccc(O)c1)N(Cc1ccco1)C1CC1. The molecule has 1 fully saturated rings. The Morgan fingerprint density at radius 3 is 2.65 bits per heavy atom. The quantitative estimate of drug-likeness (QED) is 0.918. The predicted octanol–water partition coefficient (Wildman–Crippen LogP) is 2.34. The second kappa shape index (κ2) is 4.96. The normalized spacial score (nSPS) is 15.7. The molecule has 1 aromatic carbocycles. The topological polar surface area (TPSA) is 70.8 Å². The van der Waals surface area contributed by atoms with Gasteiger partial charge in [-0.25, -0.2) is 8.42 Å². The summed E-state index contributed by atoms with van der Waals surface area (Å²) in [7, 11) is -3.62. The Morgan fingerprint density at radius 2 is 2.05 bits per heavy atom. The highest BCUT2D eigenvalue weighted by Crippen LogP contribution is 2.34. The van der Waals surface area contributed by atoms with E-state index in [0.717, 1.165) is 12.8 Å². The molecule has 2 aromatic rings. The molecule has 20 heavy (non-hydrogen) atoms. The lowest BCUT2D eigenvalue weighted by atomic mass is 10.3. The molecule has 0 unspecified atom stereocenters. The lowest BCUT2D eigenvalue weighted by Crippen LogP contribution is -2.32. The van der Waals surface area contributed by atoms with Crippen LogP contribution in [-0.4, -0.2) is 23.9 Å². The van der Waals surface area contributed by atoms with E-state index in [4.69, 9.17) is 4.42 Å². The first-order chi connectivity index (χ1) is 9.57. The maximum atomic E-state index is 12.7. The van der Waals surface area contributed by atoms with E-state index in [1.165, 1.54) is 34.8 Å². The van der Waals surface area contributed by atoms with E-state index in [1.54, 1.807) is 12.1 Å². The van der Waals surface area contributed by atoms with Crippen LogP contribution in [0.4, 0.5) is 0 Å².